The van der Waals surface area contributed by atoms with Crippen molar-refractivity contribution in [1.29, 1.82) is 0 Å². The van der Waals surface area contributed by atoms with Gasteiger partial charge in [0.15, 0.2) is 5.69 Å². The van der Waals surface area contributed by atoms with E-state index in [0.29, 0.717) is 25.4 Å². The van der Waals surface area contributed by atoms with E-state index in [1.807, 2.05) is 9.58 Å². The summed E-state index contributed by atoms with van der Waals surface area (Å²) in [4.78, 5) is 29.3. The van der Waals surface area contributed by atoms with Crippen LogP contribution >= 0.6 is 0 Å². The fourth-order valence-corrected chi connectivity index (χ4v) is 4.70. The molecule has 0 unspecified atom stereocenters. The van der Waals surface area contributed by atoms with Crippen LogP contribution in [-0.4, -0.2) is 62.7 Å². The monoisotopic (exact) mass is 374 g/mol. The number of aromatic nitrogens is 2. The van der Waals surface area contributed by atoms with Gasteiger partial charge in [0.05, 0.1) is 5.41 Å². The van der Waals surface area contributed by atoms with Crippen molar-refractivity contribution >= 4 is 11.9 Å². The van der Waals surface area contributed by atoms with E-state index in [4.69, 9.17) is 0 Å². The molecule has 1 aliphatic carbocycles. The Kier molecular flexibility index (Phi) is 4.74. The molecular weight excluding hydrogens is 344 g/mol. The molecule has 27 heavy (non-hydrogen) atoms. The zero-order valence-corrected chi connectivity index (χ0v) is 16.4. The summed E-state index contributed by atoms with van der Waals surface area (Å²) >= 11 is 0. The number of hydrogen-bond donors (Lipinski definition) is 1. The third-order valence-corrected chi connectivity index (χ3v) is 6.49. The molecule has 1 amide bonds. The Hall–Kier alpha value is -1.89. The van der Waals surface area contributed by atoms with Gasteiger partial charge < -0.3 is 14.9 Å². The molecule has 1 aromatic rings. The third-order valence-electron chi connectivity index (χ3n) is 6.49. The van der Waals surface area contributed by atoms with Gasteiger partial charge in [-0.15, -0.1) is 0 Å². The van der Waals surface area contributed by atoms with Crippen LogP contribution in [0.2, 0.25) is 0 Å². The van der Waals surface area contributed by atoms with Crippen molar-refractivity contribution in [2.24, 2.45) is 11.3 Å². The molecule has 0 bridgehead atoms. The second-order valence-electron chi connectivity index (χ2n) is 8.71. The summed E-state index contributed by atoms with van der Waals surface area (Å²) in [6, 6.07) is 0. The summed E-state index contributed by atoms with van der Waals surface area (Å²) < 4.78 is 1.90. The van der Waals surface area contributed by atoms with Crippen molar-refractivity contribution in [2.75, 3.05) is 26.2 Å². The highest BCUT2D eigenvalue weighted by Crippen LogP contribution is 2.35. The number of piperidine rings is 1. The first-order valence-electron chi connectivity index (χ1n) is 10.2. The first-order chi connectivity index (χ1) is 12.9. The van der Waals surface area contributed by atoms with Gasteiger partial charge in [-0.2, -0.15) is 5.10 Å². The molecule has 1 aromatic heterocycles. The van der Waals surface area contributed by atoms with Crippen LogP contribution in [-0.2, 0) is 24.3 Å². The Morgan fingerprint density at radius 2 is 2.07 bits per heavy atom. The molecule has 7 nitrogen and oxygen atoms in total. The van der Waals surface area contributed by atoms with Gasteiger partial charge in [-0.3, -0.25) is 9.48 Å². The molecule has 1 saturated heterocycles. The summed E-state index contributed by atoms with van der Waals surface area (Å²) in [5.74, 6) is -0.190. The molecule has 2 fully saturated rings. The SMILES string of the molecule is CCN1CCC[C@](C)(C(=O)N2CCc3c(c(C(=O)O)nn3CC3CC3)C2)C1. The number of carbonyl (C=O) groups excluding carboxylic acids is 1. The van der Waals surface area contributed by atoms with Crippen LogP contribution < -0.4 is 0 Å². The molecule has 0 spiro atoms. The first kappa shape index (κ1) is 18.5. The van der Waals surface area contributed by atoms with E-state index < -0.39 is 5.97 Å². The summed E-state index contributed by atoms with van der Waals surface area (Å²) in [6.45, 7) is 8.86. The summed E-state index contributed by atoms with van der Waals surface area (Å²) in [5, 5.41) is 14.0. The Bertz CT molecular complexity index is 755. The van der Waals surface area contributed by atoms with Crippen molar-refractivity contribution < 1.29 is 14.7 Å². The Labute approximate surface area is 160 Å². The van der Waals surface area contributed by atoms with E-state index in [2.05, 4.69) is 23.8 Å². The predicted molar refractivity (Wildman–Crippen MR) is 100 cm³/mol. The molecule has 0 radical (unpaired) electrons. The van der Waals surface area contributed by atoms with Gasteiger partial charge in [0.25, 0.3) is 0 Å². The van der Waals surface area contributed by atoms with Crippen molar-refractivity contribution in [3.8, 4) is 0 Å². The summed E-state index contributed by atoms with van der Waals surface area (Å²) in [7, 11) is 0. The minimum absolute atomic E-state index is 0.132. The molecule has 3 aliphatic rings. The van der Waals surface area contributed by atoms with Crippen LogP contribution in [0.1, 0.15) is 61.3 Å². The lowest BCUT2D eigenvalue weighted by molar-refractivity contribution is -0.145. The summed E-state index contributed by atoms with van der Waals surface area (Å²) in [6.07, 6.45) is 5.04. The molecule has 7 heteroatoms. The van der Waals surface area contributed by atoms with E-state index in [0.717, 1.165) is 50.3 Å². The van der Waals surface area contributed by atoms with Gasteiger partial charge in [0.2, 0.25) is 5.91 Å². The highest BCUT2D eigenvalue weighted by Gasteiger charge is 2.42. The fraction of sp³-hybridized carbons (Fsp3) is 0.750. The molecule has 1 atom stereocenters. The first-order valence-corrected chi connectivity index (χ1v) is 10.2. The Balaban J connectivity index is 1.56. The lowest BCUT2D eigenvalue weighted by Gasteiger charge is -2.42. The van der Waals surface area contributed by atoms with Gasteiger partial charge in [0.1, 0.15) is 0 Å². The molecule has 1 saturated carbocycles. The molecule has 0 aromatic carbocycles. The number of carbonyl (C=O) groups is 2. The minimum atomic E-state index is -0.990. The van der Waals surface area contributed by atoms with Crippen molar-refractivity contribution in [1.82, 2.24) is 19.6 Å². The maximum Gasteiger partial charge on any atom is 0.356 e. The van der Waals surface area contributed by atoms with Crippen LogP contribution in [0.25, 0.3) is 0 Å². The van der Waals surface area contributed by atoms with Crippen LogP contribution in [0.4, 0.5) is 0 Å². The molecule has 3 heterocycles. The number of rotatable bonds is 5. The van der Waals surface area contributed by atoms with Gasteiger partial charge in [0, 0.05) is 43.9 Å². The van der Waals surface area contributed by atoms with Crippen molar-refractivity contribution in [3.05, 3.63) is 17.0 Å². The van der Waals surface area contributed by atoms with Gasteiger partial charge in [-0.05, 0) is 51.6 Å². The smallest absolute Gasteiger partial charge is 0.356 e. The highest BCUT2D eigenvalue weighted by molar-refractivity contribution is 5.88. The average molecular weight is 374 g/mol. The van der Waals surface area contributed by atoms with E-state index in [1.165, 1.54) is 12.8 Å². The zero-order valence-electron chi connectivity index (χ0n) is 16.4. The number of hydrogen-bond acceptors (Lipinski definition) is 4. The molecule has 148 valence electrons. The second-order valence-corrected chi connectivity index (χ2v) is 8.71. The topological polar surface area (TPSA) is 78.7 Å². The quantitative estimate of drug-likeness (QED) is 0.853. The predicted octanol–water partition coefficient (Wildman–Crippen LogP) is 2.00. The van der Waals surface area contributed by atoms with Crippen molar-refractivity contribution in [3.63, 3.8) is 0 Å². The Morgan fingerprint density at radius 3 is 2.74 bits per heavy atom. The van der Waals surface area contributed by atoms with E-state index in [-0.39, 0.29) is 17.0 Å². The van der Waals surface area contributed by atoms with Crippen LogP contribution in [0, 0.1) is 11.3 Å². The number of carboxylic acid groups (broad SMARTS) is 1. The van der Waals surface area contributed by atoms with E-state index in [9.17, 15) is 14.7 Å². The second kappa shape index (κ2) is 6.93. The molecule has 1 N–H and O–H groups in total. The number of nitrogens with zero attached hydrogens (tertiary/aromatic N) is 4. The maximum atomic E-state index is 13.3. The largest absolute Gasteiger partial charge is 0.476 e. The number of fused-ring (bicyclic) bond motifs is 1. The number of amides is 1. The normalized spacial score (nSPS) is 26.1. The molecule has 4 rings (SSSR count). The van der Waals surface area contributed by atoms with Gasteiger partial charge in [-0.1, -0.05) is 6.92 Å². The Morgan fingerprint density at radius 1 is 1.30 bits per heavy atom. The number of carboxylic acids is 1. The van der Waals surface area contributed by atoms with Crippen LogP contribution in [0.3, 0.4) is 0 Å². The molecular formula is C20H30N4O3. The average Bonchev–Trinajstić information content (AvgIpc) is 3.40. The highest BCUT2D eigenvalue weighted by atomic mass is 16.4. The standard InChI is InChI=1S/C20H30N4O3/c1-3-22-9-4-8-20(2,13-22)19(27)23-10-7-16-15(12-23)17(18(25)26)21-24(16)11-14-5-6-14/h14H,3-13H2,1-2H3,(H,25,26)/t20-/m0/s1. The lowest BCUT2D eigenvalue weighted by atomic mass is 9.80. The minimum Gasteiger partial charge on any atom is -0.476 e. The van der Waals surface area contributed by atoms with Crippen molar-refractivity contribution in [2.45, 2.75) is 59.0 Å². The summed E-state index contributed by atoms with van der Waals surface area (Å²) in [5.41, 5.74) is 1.52. The maximum absolute atomic E-state index is 13.3. The van der Waals surface area contributed by atoms with Gasteiger partial charge in [-0.25, -0.2) is 4.79 Å². The fourth-order valence-electron chi connectivity index (χ4n) is 4.70. The number of aromatic carboxylic acids is 1. The van der Waals surface area contributed by atoms with Gasteiger partial charge >= 0.3 is 5.97 Å². The lowest BCUT2D eigenvalue weighted by Crippen LogP contribution is -2.52. The zero-order chi connectivity index (χ0) is 19.2. The van der Waals surface area contributed by atoms with Crippen LogP contribution in [0.5, 0.6) is 0 Å². The third kappa shape index (κ3) is 3.49. The van der Waals surface area contributed by atoms with E-state index in [1.54, 1.807) is 0 Å². The van der Waals surface area contributed by atoms with E-state index >= 15 is 0 Å². The molecule has 2 aliphatic heterocycles. The number of likely N-dealkylation sites (tertiary alicyclic amines) is 1. The van der Waals surface area contributed by atoms with Crippen LogP contribution in [0.15, 0.2) is 0 Å².